The predicted molar refractivity (Wildman–Crippen MR) is 106 cm³/mol. The Balaban J connectivity index is 1.59. The van der Waals surface area contributed by atoms with Crippen LogP contribution in [-0.4, -0.2) is 22.5 Å². The van der Waals surface area contributed by atoms with Crippen LogP contribution in [0.2, 0.25) is 0 Å². The van der Waals surface area contributed by atoms with E-state index < -0.39 is 0 Å². The molecule has 0 aliphatic carbocycles. The zero-order valence-electron chi connectivity index (χ0n) is 15.4. The van der Waals surface area contributed by atoms with Gasteiger partial charge in [-0.1, -0.05) is 60.7 Å². The number of carbonyl (C=O) groups excluding carboxylic acids is 1. The molecule has 4 nitrogen and oxygen atoms in total. The molecule has 4 heteroatoms. The summed E-state index contributed by atoms with van der Waals surface area (Å²) in [6.07, 6.45) is 4.49. The number of nitrogens with zero attached hydrogens (tertiary/aromatic N) is 2. The molecule has 1 atom stereocenters. The Kier molecular flexibility index (Phi) is 4.88. The molecule has 1 N–H and O–H groups in total. The summed E-state index contributed by atoms with van der Waals surface area (Å²) in [5.41, 5.74) is 5.77. The molecule has 1 aliphatic heterocycles. The Bertz CT molecular complexity index is 939. The second-order valence-corrected chi connectivity index (χ2v) is 6.98. The summed E-state index contributed by atoms with van der Waals surface area (Å²) >= 11 is 0. The maximum Gasteiger partial charge on any atom is 0.318 e. The van der Waals surface area contributed by atoms with Crippen LogP contribution in [0.25, 0.3) is 0 Å². The van der Waals surface area contributed by atoms with E-state index in [1.54, 1.807) is 6.20 Å². The van der Waals surface area contributed by atoms with Crippen LogP contribution < -0.4 is 5.32 Å². The van der Waals surface area contributed by atoms with Crippen molar-refractivity contribution >= 4 is 6.03 Å². The Hall–Kier alpha value is -3.14. The van der Waals surface area contributed by atoms with Gasteiger partial charge in [-0.25, -0.2) is 4.79 Å². The van der Waals surface area contributed by atoms with Gasteiger partial charge in [-0.15, -0.1) is 0 Å². The lowest BCUT2D eigenvalue weighted by Gasteiger charge is -2.37. The summed E-state index contributed by atoms with van der Waals surface area (Å²) in [4.78, 5) is 19.2. The van der Waals surface area contributed by atoms with Gasteiger partial charge in [0, 0.05) is 25.5 Å². The quantitative estimate of drug-likeness (QED) is 0.762. The van der Waals surface area contributed by atoms with E-state index in [4.69, 9.17) is 0 Å². The van der Waals surface area contributed by atoms with Crippen molar-refractivity contribution in [2.24, 2.45) is 0 Å². The van der Waals surface area contributed by atoms with Gasteiger partial charge in [0.2, 0.25) is 0 Å². The first-order valence-electron chi connectivity index (χ1n) is 9.30. The first-order valence-corrected chi connectivity index (χ1v) is 9.30. The third kappa shape index (κ3) is 3.70. The zero-order chi connectivity index (χ0) is 18.6. The normalized spacial score (nSPS) is 15.9. The first-order chi connectivity index (χ1) is 13.2. The Morgan fingerprint density at radius 1 is 1.11 bits per heavy atom. The molecule has 0 radical (unpaired) electrons. The summed E-state index contributed by atoms with van der Waals surface area (Å²) in [5.74, 6) is 0. The fourth-order valence-corrected chi connectivity index (χ4v) is 3.77. The van der Waals surface area contributed by atoms with Gasteiger partial charge < -0.3 is 10.2 Å². The van der Waals surface area contributed by atoms with Gasteiger partial charge in [0.25, 0.3) is 0 Å². The lowest BCUT2D eigenvalue weighted by molar-refractivity contribution is 0.179. The number of rotatable bonds is 3. The molecule has 0 fully saturated rings. The average Bonchev–Trinajstić information content (AvgIpc) is 2.72. The van der Waals surface area contributed by atoms with Crippen molar-refractivity contribution in [3.63, 3.8) is 0 Å². The van der Waals surface area contributed by atoms with Crippen molar-refractivity contribution < 1.29 is 4.79 Å². The monoisotopic (exact) mass is 357 g/mol. The summed E-state index contributed by atoms with van der Waals surface area (Å²) in [5, 5.41) is 3.07. The van der Waals surface area contributed by atoms with E-state index >= 15 is 0 Å². The number of hydrogen-bond acceptors (Lipinski definition) is 2. The third-order valence-electron chi connectivity index (χ3n) is 5.03. The van der Waals surface area contributed by atoms with E-state index in [2.05, 4.69) is 46.7 Å². The molecule has 3 aromatic rings. The Morgan fingerprint density at radius 2 is 1.89 bits per heavy atom. The molecule has 0 bridgehead atoms. The van der Waals surface area contributed by atoms with Gasteiger partial charge in [0.05, 0.1) is 6.04 Å². The van der Waals surface area contributed by atoms with Gasteiger partial charge in [0.15, 0.2) is 0 Å². The molecule has 27 heavy (non-hydrogen) atoms. The van der Waals surface area contributed by atoms with Gasteiger partial charge in [-0.2, -0.15) is 0 Å². The third-order valence-corrected chi connectivity index (χ3v) is 5.03. The zero-order valence-corrected chi connectivity index (χ0v) is 15.4. The van der Waals surface area contributed by atoms with Crippen LogP contribution in [0.1, 0.15) is 33.9 Å². The van der Waals surface area contributed by atoms with Crippen LogP contribution in [0, 0.1) is 6.92 Å². The maximum absolute atomic E-state index is 13.0. The highest BCUT2D eigenvalue weighted by atomic mass is 16.2. The van der Waals surface area contributed by atoms with E-state index in [9.17, 15) is 4.79 Å². The standard InChI is InChI=1S/C23H23N3O/c1-17-13-18(15-24-14-17)16-25-23(27)26-12-11-19-7-5-6-10-21(19)22(26)20-8-3-2-4-9-20/h2-10,13-15,22H,11-12,16H2,1H3,(H,25,27)/t22-/m1/s1. The molecule has 0 spiro atoms. The molecule has 2 aromatic carbocycles. The lowest BCUT2D eigenvalue weighted by atomic mass is 9.88. The molecule has 1 aromatic heterocycles. The molecule has 0 saturated carbocycles. The van der Waals surface area contributed by atoms with Crippen molar-refractivity contribution in [3.05, 3.63) is 101 Å². The number of pyridine rings is 1. The lowest BCUT2D eigenvalue weighted by Crippen LogP contribution is -2.45. The number of carbonyl (C=O) groups is 1. The van der Waals surface area contributed by atoms with E-state index in [1.165, 1.54) is 11.1 Å². The van der Waals surface area contributed by atoms with Crippen LogP contribution in [0.4, 0.5) is 4.79 Å². The summed E-state index contributed by atoms with van der Waals surface area (Å²) < 4.78 is 0. The van der Waals surface area contributed by atoms with Crippen molar-refractivity contribution in [2.45, 2.75) is 25.9 Å². The number of fused-ring (bicyclic) bond motifs is 1. The smallest absolute Gasteiger partial charge is 0.318 e. The highest BCUT2D eigenvalue weighted by Gasteiger charge is 2.31. The highest BCUT2D eigenvalue weighted by molar-refractivity contribution is 5.76. The number of aryl methyl sites for hydroxylation is 1. The highest BCUT2D eigenvalue weighted by Crippen LogP contribution is 2.34. The number of hydrogen-bond donors (Lipinski definition) is 1. The van der Waals surface area contributed by atoms with E-state index in [-0.39, 0.29) is 12.1 Å². The fourth-order valence-electron chi connectivity index (χ4n) is 3.77. The Labute approximate surface area is 159 Å². The van der Waals surface area contributed by atoms with Gasteiger partial charge >= 0.3 is 6.03 Å². The van der Waals surface area contributed by atoms with Crippen LogP contribution in [0.3, 0.4) is 0 Å². The van der Waals surface area contributed by atoms with Crippen LogP contribution >= 0.6 is 0 Å². The molecule has 2 heterocycles. The molecule has 0 saturated heterocycles. The summed E-state index contributed by atoms with van der Waals surface area (Å²) in [6, 6.07) is 20.6. The fraction of sp³-hybridized carbons (Fsp3) is 0.217. The van der Waals surface area contributed by atoms with Crippen molar-refractivity contribution in [3.8, 4) is 0 Å². The van der Waals surface area contributed by atoms with Gasteiger partial charge in [-0.3, -0.25) is 4.98 Å². The van der Waals surface area contributed by atoms with Crippen LogP contribution in [-0.2, 0) is 13.0 Å². The topological polar surface area (TPSA) is 45.2 Å². The van der Waals surface area contributed by atoms with Crippen LogP contribution in [0.15, 0.2) is 73.1 Å². The summed E-state index contributed by atoms with van der Waals surface area (Å²) in [6.45, 7) is 3.19. The number of amides is 2. The van der Waals surface area contributed by atoms with Gasteiger partial charge in [0.1, 0.15) is 0 Å². The minimum absolute atomic E-state index is 0.0418. The largest absolute Gasteiger partial charge is 0.334 e. The number of benzene rings is 2. The second kappa shape index (κ2) is 7.62. The molecular weight excluding hydrogens is 334 g/mol. The Morgan fingerprint density at radius 3 is 2.70 bits per heavy atom. The van der Waals surface area contributed by atoms with Crippen molar-refractivity contribution in [1.29, 1.82) is 0 Å². The van der Waals surface area contributed by atoms with E-state index in [0.717, 1.165) is 23.1 Å². The van der Waals surface area contributed by atoms with E-state index in [0.29, 0.717) is 13.1 Å². The molecule has 1 aliphatic rings. The number of urea groups is 1. The van der Waals surface area contributed by atoms with E-state index in [1.807, 2.05) is 42.3 Å². The maximum atomic E-state index is 13.0. The minimum atomic E-state index is -0.0632. The minimum Gasteiger partial charge on any atom is -0.334 e. The average molecular weight is 357 g/mol. The number of nitrogens with one attached hydrogen (secondary N) is 1. The van der Waals surface area contributed by atoms with Gasteiger partial charge in [-0.05, 0) is 41.2 Å². The summed E-state index contributed by atoms with van der Waals surface area (Å²) in [7, 11) is 0. The molecule has 0 unspecified atom stereocenters. The molecule has 4 rings (SSSR count). The number of aromatic nitrogens is 1. The predicted octanol–water partition coefficient (Wildman–Crippen LogP) is 4.25. The molecule has 136 valence electrons. The van der Waals surface area contributed by atoms with Crippen LogP contribution in [0.5, 0.6) is 0 Å². The first kappa shape index (κ1) is 17.3. The second-order valence-electron chi connectivity index (χ2n) is 6.98. The van der Waals surface area contributed by atoms with Crippen molar-refractivity contribution in [1.82, 2.24) is 15.2 Å². The SMILES string of the molecule is Cc1cncc(CNC(=O)N2CCc3ccccc3[C@H]2c2ccccc2)c1. The van der Waals surface area contributed by atoms with Crippen molar-refractivity contribution in [2.75, 3.05) is 6.54 Å². The molecular formula is C23H23N3O. The molecule has 2 amide bonds.